The Hall–Kier alpha value is -1.52. The van der Waals surface area contributed by atoms with Crippen LogP contribution in [-0.4, -0.2) is 55.6 Å². The van der Waals surface area contributed by atoms with Gasteiger partial charge in [0.2, 0.25) is 0 Å². The maximum Gasteiger partial charge on any atom is 0.338 e. The van der Waals surface area contributed by atoms with E-state index < -0.39 is 50.7 Å². The third kappa shape index (κ3) is 1.96. The van der Waals surface area contributed by atoms with E-state index in [1.165, 1.54) is 0 Å². The molecule has 7 rings (SSSR count). The number of esters is 1. The van der Waals surface area contributed by atoms with Crippen molar-refractivity contribution in [3.05, 3.63) is 35.9 Å². The van der Waals surface area contributed by atoms with Crippen LogP contribution < -0.4 is 0 Å². The summed E-state index contributed by atoms with van der Waals surface area (Å²) in [6, 6.07) is 8.49. The van der Waals surface area contributed by atoms with Gasteiger partial charge in [-0.2, -0.15) is 8.42 Å². The van der Waals surface area contributed by atoms with Gasteiger partial charge in [-0.15, -0.1) is 0 Å². The van der Waals surface area contributed by atoms with Gasteiger partial charge in [-0.3, -0.25) is 4.18 Å². The average Bonchev–Trinajstić information content (AvgIpc) is 2.76. The van der Waals surface area contributed by atoms with Crippen molar-refractivity contribution in [2.24, 2.45) is 11.3 Å². The molecule has 3 saturated heterocycles. The number of hydrogen-bond acceptors (Lipinski definition) is 8. The fraction of sp³-hybridized carbons (Fsp3) is 0.611. The van der Waals surface area contributed by atoms with Crippen LogP contribution in [0.3, 0.4) is 0 Å². The SMILES string of the molecule is CC12CC3(O)OC(O1)C1(COC(=O)c4ccccc4)C3CC21OS(C)(=O)=O. The summed E-state index contributed by atoms with van der Waals surface area (Å²) in [7, 11) is -3.82. The van der Waals surface area contributed by atoms with Crippen LogP contribution in [0.1, 0.15) is 30.1 Å². The van der Waals surface area contributed by atoms with E-state index in [9.17, 15) is 18.3 Å². The summed E-state index contributed by atoms with van der Waals surface area (Å²) in [5.74, 6) is -2.41. The Morgan fingerprint density at radius 2 is 2.00 bits per heavy atom. The van der Waals surface area contributed by atoms with Crippen molar-refractivity contribution in [1.82, 2.24) is 0 Å². The van der Waals surface area contributed by atoms with E-state index >= 15 is 0 Å². The molecule has 6 fully saturated rings. The molecule has 1 N–H and O–H groups in total. The number of benzene rings is 1. The first-order valence-corrected chi connectivity index (χ1v) is 10.6. The summed E-state index contributed by atoms with van der Waals surface area (Å²) in [6.45, 7) is 1.55. The van der Waals surface area contributed by atoms with Crippen LogP contribution >= 0.6 is 0 Å². The van der Waals surface area contributed by atoms with Crippen LogP contribution in [0.25, 0.3) is 0 Å². The Morgan fingerprint density at radius 1 is 1.30 bits per heavy atom. The number of rotatable bonds is 5. The third-order valence-electron chi connectivity index (χ3n) is 6.70. The molecule has 1 aromatic rings. The summed E-state index contributed by atoms with van der Waals surface area (Å²) in [5.41, 5.74) is -2.97. The van der Waals surface area contributed by atoms with E-state index in [2.05, 4.69) is 0 Å². The zero-order chi connectivity index (χ0) is 19.3. The molecule has 3 aliphatic heterocycles. The molecule has 6 bridgehead atoms. The van der Waals surface area contributed by atoms with Crippen LogP contribution in [0, 0.1) is 11.3 Å². The van der Waals surface area contributed by atoms with Crippen molar-refractivity contribution in [3.63, 3.8) is 0 Å². The monoisotopic (exact) mass is 396 g/mol. The molecular weight excluding hydrogens is 376 g/mol. The molecule has 0 spiro atoms. The number of ether oxygens (including phenoxy) is 3. The first-order chi connectivity index (χ1) is 12.6. The highest BCUT2D eigenvalue weighted by Gasteiger charge is 2.95. The highest BCUT2D eigenvalue weighted by Crippen LogP contribution is 2.81. The van der Waals surface area contributed by atoms with Crippen molar-refractivity contribution in [2.45, 2.75) is 43.0 Å². The lowest BCUT2D eigenvalue weighted by Crippen LogP contribution is -2.79. The van der Waals surface area contributed by atoms with E-state index in [0.29, 0.717) is 5.56 Å². The molecule has 1 aromatic carbocycles. The van der Waals surface area contributed by atoms with Gasteiger partial charge in [0.25, 0.3) is 10.1 Å². The van der Waals surface area contributed by atoms with Crippen molar-refractivity contribution < 1.29 is 36.7 Å². The highest BCUT2D eigenvalue weighted by molar-refractivity contribution is 7.86. The smallest absolute Gasteiger partial charge is 0.338 e. The Morgan fingerprint density at radius 3 is 2.67 bits per heavy atom. The molecule has 9 heteroatoms. The normalized spacial score (nSPS) is 46.3. The summed E-state index contributed by atoms with van der Waals surface area (Å²) < 4.78 is 46.8. The molecule has 3 heterocycles. The van der Waals surface area contributed by atoms with Gasteiger partial charge in [-0.1, -0.05) is 18.2 Å². The van der Waals surface area contributed by atoms with Crippen LogP contribution in [0.2, 0.25) is 0 Å². The van der Waals surface area contributed by atoms with Crippen LogP contribution in [0.4, 0.5) is 0 Å². The molecule has 3 aliphatic carbocycles. The van der Waals surface area contributed by atoms with Gasteiger partial charge in [0.05, 0.1) is 17.2 Å². The second-order valence-corrected chi connectivity index (χ2v) is 9.75. The van der Waals surface area contributed by atoms with Crippen molar-refractivity contribution in [3.8, 4) is 0 Å². The van der Waals surface area contributed by atoms with E-state index in [1.54, 1.807) is 37.3 Å². The predicted molar refractivity (Wildman–Crippen MR) is 89.9 cm³/mol. The maximum absolute atomic E-state index is 12.4. The van der Waals surface area contributed by atoms with E-state index in [4.69, 9.17) is 18.4 Å². The number of hydrogen-bond donors (Lipinski definition) is 1. The molecule has 146 valence electrons. The molecule has 6 aliphatic rings. The molecule has 27 heavy (non-hydrogen) atoms. The fourth-order valence-electron chi connectivity index (χ4n) is 5.69. The Balaban J connectivity index is 1.51. The molecular formula is C18H20O8S. The van der Waals surface area contributed by atoms with E-state index in [0.717, 1.165) is 6.26 Å². The molecule has 0 amide bonds. The zero-order valence-electron chi connectivity index (χ0n) is 14.9. The van der Waals surface area contributed by atoms with Crippen molar-refractivity contribution in [1.29, 1.82) is 0 Å². The Bertz CT molecular complexity index is 932. The largest absolute Gasteiger partial charge is 0.461 e. The minimum atomic E-state index is -3.82. The molecule has 8 nitrogen and oxygen atoms in total. The summed E-state index contributed by atoms with van der Waals surface area (Å²) in [5, 5.41) is 10.9. The number of aliphatic hydroxyl groups is 1. The lowest BCUT2D eigenvalue weighted by Gasteiger charge is -2.66. The minimum Gasteiger partial charge on any atom is -0.461 e. The van der Waals surface area contributed by atoms with Crippen molar-refractivity contribution >= 4 is 16.1 Å². The lowest BCUT2D eigenvalue weighted by molar-refractivity contribution is -0.379. The standard InChI is InChI=1S/C18H20O8S/c1-15-9-17(20)12-8-18(15,26-27(2,21)22)16(12,14(24-15)25-17)10-23-13(19)11-6-4-3-5-7-11/h3-7,12,14,20H,8-10H2,1-2H3. The van der Waals surface area contributed by atoms with Crippen LogP contribution in [0.5, 0.6) is 0 Å². The Labute approximate surface area is 156 Å². The van der Waals surface area contributed by atoms with Gasteiger partial charge in [0, 0.05) is 12.3 Å². The van der Waals surface area contributed by atoms with Gasteiger partial charge in [-0.25, -0.2) is 4.79 Å². The van der Waals surface area contributed by atoms with Gasteiger partial charge >= 0.3 is 5.97 Å². The molecule has 0 radical (unpaired) electrons. The summed E-state index contributed by atoms with van der Waals surface area (Å²) >= 11 is 0. The van der Waals surface area contributed by atoms with E-state index in [-0.39, 0.29) is 19.4 Å². The van der Waals surface area contributed by atoms with Crippen LogP contribution in [-0.2, 0) is 28.5 Å². The fourth-order valence-corrected chi connectivity index (χ4v) is 6.60. The highest BCUT2D eigenvalue weighted by atomic mass is 32.2. The molecule has 0 aromatic heterocycles. The average molecular weight is 396 g/mol. The zero-order valence-corrected chi connectivity index (χ0v) is 15.7. The minimum absolute atomic E-state index is 0.102. The van der Waals surface area contributed by atoms with Gasteiger partial charge in [0.1, 0.15) is 17.8 Å². The Kier molecular flexibility index (Phi) is 3.19. The third-order valence-corrected chi connectivity index (χ3v) is 7.29. The summed E-state index contributed by atoms with van der Waals surface area (Å²) in [4.78, 5) is 12.4. The number of carbonyl (C=O) groups excluding carboxylic acids is 1. The first kappa shape index (κ1) is 17.6. The van der Waals surface area contributed by atoms with Crippen molar-refractivity contribution in [2.75, 3.05) is 12.9 Å². The molecule has 3 saturated carbocycles. The summed E-state index contributed by atoms with van der Waals surface area (Å²) in [6.07, 6.45) is 0.443. The topological polar surface area (TPSA) is 108 Å². The maximum atomic E-state index is 12.4. The van der Waals surface area contributed by atoms with Gasteiger partial charge in [0.15, 0.2) is 12.1 Å². The quantitative estimate of drug-likeness (QED) is 0.575. The first-order valence-electron chi connectivity index (χ1n) is 8.76. The lowest BCUT2D eigenvalue weighted by atomic mass is 9.41. The predicted octanol–water partition coefficient (Wildman–Crippen LogP) is 0.802. The number of carbonyl (C=O) groups is 1. The molecule has 6 unspecified atom stereocenters. The second kappa shape index (κ2) is 4.90. The molecule has 6 atom stereocenters. The van der Waals surface area contributed by atoms with Crippen LogP contribution in [0.15, 0.2) is 30.3 Å². The van der Waals surface area contributed by atoms with Gasteiger partial charge < -0.3 is 19.3 Å². The second-order valence-electron chi connectivity index (χ2n) is 8.17. The van der Waals surface area contributed by atoms with E-state index in [1.807, 2.05) is 0 Å². The van der Waals surface area contributed by atoms with Gasteiger partial charge in [-0.05, 0) is 25.5 Å².